The molecule has 0 bridgehead atoms. The topological polar surface area (TPSA) is 26.7 Å². The van der Waals surface area contributed by atoms with E-state index < -0.39 is 0 Å². The van der Waals surface area contributed by atoms with Gasteiger partial charge in [-0.15, -0.1) is 0 Å². The summed E-state index contributed by atoms with van der Waals surface area (Å²) in [5.74, 6) is 0.402. The Kier molecular flexibility index (Phi) is 4.19. The van der Waals surface area contributed by atoms with E-state index in [1.807, 2.05) is 12.1 Å². The lowest BCUT2D eigenvalue weighted by molar-refractivity contribution is 0.170. The van der Waals surface area contributed by atoms with Crippen LogP contribution in [0.5, 0.6) is 5.75 Å². The van der Waals surface area contributed by atoms with Crippen LogP contribution in [0.15, 0.2) is 42.5 Å². The molecule has 2 aliphatic rings. The number of phenolic OH excluding ortho intramolecular Hbond substituents is 1. The molecule has 1 fully saturated rings. The third-order valence-corrected chi connectivity index (χ3v) is 5.68. The Morgan fingerprint density at radius 3 is 2.54 bits per heavy atom. The van der Waals surface area contributed by atoms with Gasteiger partial charge in [0.15, 0.2) is 0 Å². The van der Waals surface area contributed by atoms with Gasteiger partial charge in [0, 0.05) is 37.9 Å². The number of para-hydroxylation sites is 1. The lowest BCUT2D eigenvalue weighted by Gasteiger charge is -2.42. The smallest absolute Gasteiger partial charge is 0.115 e. The second-order valence-electron chi connectivity index (χ2n) is 7.16. The number of fused-ring (bicyclic) bond motifs is 1. The molecule has 1 unspecified atom stereocenters. The van der Waals surface area contributed by atoms with Gasteiger partial charge in [-0.05, 0) is 61.1 Å². The quantitative estimate of drug-likeness (QED) is 0.918. The fourth-order valence-electron chi connectivity index (χ4n) is 4.28. The lowest BCUT2D eigenvalue weighted by Crippen LogP contribution is -2.51. The standard InChI is InChI=1S/C21H26N2O/c1-16-4-2-3-5-21(16)23-12-10-22(11-13-23)19-8-6-18-15-20(24)9-7-17(18)14-19/h2-5,7,9,15,19,24H,6,8,10-14H2,1H3. The van der Waals surface area contributed by atoms with Crippen molar-refractivity contribution in [2.45, 2.75) is 32.2 Å². The summed E-state index contributed by atoms with van der Waals surface area (Å²) in [7, 11) is 0. The molecule has 3 heteroatoms. The zero-order valence-corrected chi connectivity index (χ0v) is 14.4. The minimum atomic E-state index is 0.402. The van der Waals surface area contributed by atoms with Crippen molar-refractivity contribution in [3.8, 4) is 5.75 Å². The van der Waals surface area contributed by atoms with Crippen LogP contribution in [-0.2, 0) is 12.8 Å². The molecule has 2 aromatic carbocycles. The number of hydrogen-bond acceptors (Lipinski definition) is 3. The van der Waals surface area contributed by atoms with Crippen LogP contribution in [-0.4, -0.2) is 42.2 Å². The molecule has 1 aliphatic heterocycles. The van der Waals surface area contributed by atoms with Crippen molar-refractivity contribution in [1.29, 1.82) is 0 Å². The van der Waals surface area contributed by atoms with Crippen molar-refractivity contribution in [1.82, 2.24) is 4.90 Å². The Labute approximate surface area is 144 Å². The molecule has 0 radical (unpaired) electrons. The molecule has 1 heterocycles. The Bertz CT molecular complexity index is 720. The van der Waals surface area contributed by atoms with Gasteiger partial charge in [0.2, 0.25) is 0 Å². The van der Waals surface area contributed by atoms with Gasteiger partial charge < -0.3 is 10.0 Å². The van der Waals surface area contributed by atoms with Crippen LogP contribution >= 0.6 is 0 Å². The normalized spacial score (nSPS) is 21.5. The molecule has 1 atom stereocenters. The summed E-state index contributed by atoms with van der Waals surface area (Å²) in [6.07, 6.45) is 3.42. The highest BCUT2D eigenvalue weighted by Gasteiger charge is 2.27. The number of benzene rings is 2. The molecule has 0 amide bonds. The van der Waals surface area contributed by atoms with Crippen molar-refractivity contribution >= 4 is 5.69 Å². The lowest BCUT2D eigenvalue weighted by atomic mass is 9.87. The predicted molar refractivity (Wildman–Crippen MR) is 98.9 cm³/mol. The van der Waals surface area contributed by atoms with E-state index in [9.17, 15) is 5.11 Å². The van der Waals surface area contributed by atoms with Crippen LogP contribution in [0, 0.1) is 6.92 Å². The molecular formula is C21H26N2O. The van der Waals surface area contributed by atoms with E-state index in [2.05, 4.69) is 47.1 Å². The average Bonchev–Trinajstić information content (AvgIpc) is 2.62. The van der Waals surface area contributed by atoms with Crippen molar-refractivity contribution < 1.29 is 5.11 Å². The summed E-state index contributed by atoms with van der Waals surface area (Å²) in [6.45, 7) is 6.72. The van der Waals surface area contributed by atoms with Crippen LogP contribution in [0.2, 0.25) is 0 Å². The Morgan fingerprint density at radius 2 is 1.75 bits per heavy atom. The van der Waals surface area contributed by atoms with Crippen LogP contribution in [0.4, 0.5) is 5.69 Å². The summed E-state index contributed by atoms with van der Waals surface area (Å²) in [5.41, 5.74) is 5.52. The summed E-state index contributed by atoms with van der Waals surface area (Å²) in [6, 6.07) is 15.2. The highest BCUT2D eigenvalue weighted by molar-refractivity contribution is 5.53. The zero-order chi connectivity index (χ0) is 16.5. The summed E-state index contributed by atoms with van der Waals surface area (Å²) < 4.78 is 0. The molecule has 0 saturated carbocycles. The second kappa shape index (κ2) is 6.48. The first-order valence-electron chi connectivity index (χ1n) is 9.06. The molecule has 1 aliphatic carbocycles. The third kappa shape index (κ3) is 3.01. The first-order chi connectivity index (χ1) is 11.7. The second-order valence-corrected chi connectivity index (χ2v) is 7.16. The van der Waals surface area contributed by atoms with E-state index in [1.165, 1.54) is 28.8 Å². The monoisotopic (exact) mass is 322 g/mol. The van der Waals surface area contributed by atoms with E-state index in [0.29, 0.717) is 11.8 Å². The molecule has 0 spiro atoms. The summed E-state index contributed by atoms with van der Waals surface area (Å²) in [5, 5.41) is 9.65. The van der Waals surface area contributed by atoms with E-state index >= 15 is 0 Å². The van der Waals surface area contributed by atoms with Crippen molar-refractivity contribution in [3.63, 3.8) is 0 Å². The largest absolute Gasteiger partial charge is 0.508 e. The molecule has 0 aromatic heterocycles. The molecule has 1 N–H and O–H groups in total. The fraction of sp³-hybridized carbons (Fsp3) is 0.429. The number of phenols is 1. The molecule has 1 saturated heterocycles. The fourth-order valence-corrected chi connectivity index (χ4v) is 4.28. The van der Waals surface area contributed by atoms with Gasteiger partial charge in [-0.2, -0.15) is 0 Å². The summed E-state index contributed by atoms with van der Waals surface area (Å²) in [4.78, 5) is 5.20. The van der Waals surface area contributed by atoms with Gasteiger partial charge in [-0.25, -0.2) is 0 Å². The van der Waals surface area contributed by atoms with E-state index in [-0.39, 0.29) is 0 Å². The van der Waals surface area contributed by atoms with Gasteiger partial charge in [0.05, 0.1) is 0 Å². The Balaban J connectivity index is 1.40. The number of rotatable bonds is 2. The Hall–Kier alpha value is -2.00. The van der Waals surface area contributed by atoms with Gasteiger partial charge in [-0.3, -0.25) is 4.90 Å². The zero-order valence-electron chi connectivity index (χ0n) is 14.4. The van der Waals surface area contributed by atoms with Crippen LogP contribution in [0.3, 0.4) is 0 Å². The first kappa shape index (κ1) is 15.5. The molecule has 24 heavy (non-hydrogen) atoms. The highest BCUT2D eigenvalue weighted by atomic mass is 16.3. The predicted octanol–water partition coefficient (Wildman–Crippen LogP) is 3.38. The molecule has 4 rings (SSSR count). The number of piperazine rings is 1. The molecular weight excluding hydrogens is 296 g/mol. The summed E-state index contributed by atoms with van der Waals surface area (Å²) >= 11 is 0. The van der Waals surface area contributed by atoms with Crippen LogP contribution in [0.25, 0.3) is 0 Å². The molecule has 3 nitrogen and oxygen atoms in total. The van der Waals surface area contributed by atoms with Crippen LogP contribution in [0.1, 0.15) is 23.1 Å². The van der Waals surface area contributed by atoms with Gasteiger partial charge in [0.1, 0.15) is 5.75 Å². The molecule has 126 valence electrons. The van der Waals surface area contributed by atoms with Crippen molar-refractivity contribution in [3.05, 3.63) is 59.2 Å². The van der Waals surface area contributed by atoms with Crippen molar-refractivity contribution in [2.75, 3.05) is 31.1 Å². The highest BCUT2D eigenvalue weighted by Crippen LogP contribution is 2.29. The third-order valence-electron chi connectivity index (χ3n) is 5.68. The maximum absolute atomic E-state index is 9.65. The average molecular weight is 322 g/mol. The number of aromatic hydroxyl groups is 1. The van der Waals surface area contributed by atoms with Gasteiger partial charge in [0.25, 0.3) is 0 Å². The van der Waals surface area contributed by atoms with E-state index in [0.717, 1.165) is 39.0 Å². The minimum Gasteiger partial charge on any atom is -0.508 e. The van der Waals surface area contributed by atoms with Crippen molar-refractivity contribution in [2.24, 2.45) is 0 Å². The van der Waals surface area contributed by atoms with Gasteiger partial charge >= 0.3 is 0 Å². The minimum absolute atomic E-state index is 0.402. The first-order valence-corrected chi connectivity index (χ1v) is 9.06. The van der Waals surface area contributed by atoms with Gasteiger partial charge in [-0.1, -0.05) is 24.3 Å². The van der Waals surface area contributed by atoms with E-state index in [4.69, 9.17) is 0 Å². The number of aryl methyl sites for hydroxylation is 2. The number of nitrogens with zero attached hydrogens (tertiary/aromatic N) is 2. The maximum Gasteiger partial charge on any atom is 0.115 e. The number of hydrogen-bond donors (Lipinski definition) is 1. The van der Waals surface area contributed by atoms with E-state index in [1.54, 1.807) is 0 Å². The van der Waals surface area contributed by atoms with Crippen LogP contribution < -0.4 is 4.90 Å². The maximum atomic E-state index is 9.65. The Morgan fingerprint density at radius 1 is 0.958 bits per heavy atom. The SMILES string of the molecule is Cc1ccccc1N1CCN(C2CCc3cc(O)ccc3C2)CC1. The molecule has 2 aromatic rings. The number of anilines is 1.